The summed E-state index contributed by atoms with van der Waals surface area (Å²) in [6.07, 6.45) is 0.687. The van der Waals surface area contributed by atoms with Crippen LogP contribution in [0.2, 0.25) is 0 Å². The van der Waals surface area contributed by atoms with Crippen molar-refractivity contribution in [2.75, 3.05) is 18.5 Å². The fraction of sp³-hybridized carbons (Fsp3) is 0.250. The molecule has 0 radical (unpaired) electrons. The third-order valence-electron chi connectivity index (χ3n) is 3.15. The number of nitrogens with two attached hydrogens (primary N) is 1. The van der Waals surface area contributed by atoms with Crippen LogP contribution in [0.4, 0.5) is 15.8 Å². The molecule has 0 saturated heterocycles. The third-order valence-corrected chi connectivity index (χ3v) is 3.15. The molecule has 0 heterocycles. The SMILES string of the molecule is Cc1cccc(N(C)c2cc(F)cc(CCN)c2)c1. The number of hydrogen-bond donors (Lipinski definition) is 1. The summed E-state index contributed by atoms with van der Waals surface area (Å²) in [7, 11) is 1.94. The van der Waals surface area contributed by atoms with Crippen molar-refractivity contribution in [3.05, 3.63) is 59.4 Å². The summed E-state index contributed by atoms with van der Waals surface area (Å²) in [5, 5.41) is 0. The van der Waals surface area contributed by atoms with Crippen molar-refractivity contribution in [1.29, 1.82) is 0 Å². The molecule has 100 valence electrons. The van der Waals surface area contributed by atoms with Gasteiger partial charge in [-0.15, -0.1) is 0 Å². The summed E-state index contributed by atoms with van der Waals surface area (Å²) in [5.74, 6) is -0.222. The lowest BCUT2D eigenvalue weighted by Gasteiger charge is -2.21. The van der Waals surface area contributed by atoms with Crippen molar-refractivity contribution < 1.29 is 4.39 Å². The molecule has 0 saturated carbocycles. The number of anilines is 2. The maximum atomic E-state index is 13.6. The summed E-state index contributed by atoms with van der Waals surface area (Å²) >= 11 is 0. The molecule has 0 aliphatic heterocycles. The van der Waals surface area contributed by atoms with Gasteiger partial charge in [0.05, 0.1) is 0 Å². The van der Waals surface area contributed by atoms with E-state index in [9.17, 15) is 4.39 Å². The molecule has 2 rings (SSSR count). The van der Waals surface area contributed by atoms with Gasteiger partial charge in [-0.2, -0.15) is 0 Å². The van der Waals surface area contributed by atoms with Crippen molar-refractivity contribution in [1.82, 2.24) is 0 Å². The first-order valence-electron chi connectivity index (χ1n) is 6.40. The number of hydrogen-bond acceptors (Lipinski definition) is 2. The zero-order valence-electron chi connectivity index (χ0n) is 11.4. The van der Waals surface area contributed by atoms with Crippen molar-refractivity contribution in [3.8, 4) is 0 Å². The van der Waals surface area contributed by atoms with E-state index in [2.05, 4.69) is 6.07 Å². The highest BCUT2D eigenvalue weighted by molar-refractivity contribution is 5.63. The molecule has 0 bridgehead atoms. The summed E-state index contributed by atoms with van der Waals surface area (Å²) < 4.78 is 13.6. The molecule has 0 amide bonds. The van der Waals surface area contributed by atoms with E-state index in [1.54, 1.807) is 12.1 Å². The highest BCUT2D eigenvalue weighted by Gasteiger charge is 2.07. The van der Waals surface area contributed by atoms with Gasteiger partial charge >= 0.3 is 0 Å². The average molecular weight is 258 g/mol. The van der Waals surface area contributed by atoms with Gasteiger partial charge in [0.1, 0.15) is 5.82 Å². The number of halogens is 1. The Balaban J connectivity index is 2.35. The fourth-order valence-corrected chi connectivity index (χ4v) is 2.12. The molecule has 19 heavy (non-hydrogen) atoms. The molecule has 0 aliphatic rings. The normalized spacial score (nSPS) is 10.5. The maximum absolute atomic E-state index is 13.6. The van der Waals surface area contributed by atoms with Crippen LogP contribution in [0.1, 0.15) is 11.1 Å². The fourth-order valence-electron chi connectivity index (χ4n) is 2.12. The monoisotopic (exact) mass is 258 g/mol. The first-order chi connectivity index (χ1) is 9.10. The van der Waals surface area contributed by atoms with Crippen LogP contribution in [0.3, 0.4) is 0 Å². The summed E-state index contributed by atoms with van der Waals surface area (Å²) in [6.45, 7) is 2.57. The van der Waals surface area contributed by atoms with E-state index in [1.807, 2.05) is 43.1 Å². The van der Waals surface area contributed by atoms with Crippen molar-refractivity contribution in [2.45, 2.75) is 13.3 Å². The van der Waals surface area contributed by atoms with Crippen LogP contribution in [0.5, 0.6) is 0 Å². The van der Waals surface area contributed by atoms with Crippen molar-refractivity contribution in [3.63, 3.8) is 0 Å². The Morgan fingerprint density at radius 2 is 1.89 bits per heavy atom. The van der Waals surface area contributed by atoms with Gasteiger partial charge in [-0.05, 0) is 61.3 Å². The van der Waals surface area contributed by atoms with E-state index in [0.29, 0.717) is 13.0 Å². The molecule has 0 aliphatic carbocycles. The molecule has 2 aromatic carbocycles. The minimum atomic E-state index is -0.222. The number of nitrogens with zero attached hydrogens (tertiary/aromatic N) is 1. The molecule has 3 heteroatoms. The van der Waals surface area contributed by atoms with E-state index >= 15 is 0 Å². The van der Waals surface area contributed by atoms with Crippen LogP contribution in [0.15, 0.2) is 42.5 Å². The highest BCUT2D eigenvalue weighted by Crippen LogP contribution is 2.26. The number of aryl methyl sites for hydroxylation is 1. The molecule has 0 spiro atoms. The Morgan fingerprint density at radius 3 is 2.58 bits per heavy atom. The molecule has 0 fully saturated rings. The lowest BCUT2D eigenvalue weighted by molar-refractivity contribution is 0.625. The number of rotatable bonds is 4. The van der Waals surface area contributed by atoms with Crippen molar-refractivity contribution >= 4 is 11.4 Å². The molecule has 0 atom stereocenters. The average Bonchev–Trinajstić information content (AvgIpc) is 2.37. The van der Waals surface area contributed by atoms with Crippen LogP contribution in [-0.4, -0.2) is 13.6 Å². The Hall–Kier alpha value is -1.87. The Labute approximate surface area is 113 Å². The second kappa shape index (κ2) is 5.85. The van der Waals surface area contributed by atoms with Crippen LogP contribution in [-0.2, 0) is 6.42 Å². The Morgan fingerprint density at radius 1 is 1.11 bits per heavy atom. The molecule has 0 aromatic heterocycles. The lowest BCUT2D eigenvalue weighted by atomic mass is 10.1. The molecular weight excluding hydrogens is 239 g/mol. The largest absolute Gasteiger partial charge is 0.345 e. The van der Waals surface area contributed by atoms with Gasteiger partial charge < -0.3 is 10.6 Å². The Bertz CT molecular complexity index is 566. The smallest absolute Gasteiger partial charge is 0.125 e. The molecule has 2 N–H and O–H groups in total. The van der Waals surface area contributed by atoms with E-state index < -0.39 is 0 Å². The zero-order chi connectivity index (χ0) is 13.8. The van der Waals surface area contributed by atoms with Gasteiger partial charge in [0.25, 0.3) is 0 Å². The molecule has 0 unspecified atom stereocenters. The standard InChI is InChI=1S/C16H19FN2/c1-12-4-3-5-15(8-12)19(2)16-10-13(6-7-18)9-14(17)11-16/h3-5,8-11H,6-7,18H2,1-2H3. The van der Waals surface area contributed by atoms with Gasteiger partial charge in [0.2, 0.25) is 0 Å². The second-order valence-corrected chi connectivity index (χ2v) is 4.75. The van der Waals surface area contributed by atoms with Crippen molar-refractivity contribution in [2.24, 2.45) is 5.73 Å². The van der Waals surface area contributed by atoms with Crippen LogP contribution in [0, 0.1) is 12.7 Å². The van der Waals surface area contributed by atoms with Crippen LogP contribution >= 0.6 is 0 Å². The highest BCUT2D eigenvalue weighted by atomic mass is 19.1. The predicted molar refractivity (Wildman–Crippen MR) is 78.4 cm³/mol. The quantitative estimate of drug-likeness (QED) is 0.910. The van der Waals surface area contributed by atoms with Gasteiger partial charge in [-0.3, -0.25) is 0 Å². The van der Waals surface area contributed by atoms with Crippen LogP contribution in [0.25, 0.3) is 0 Å². The van der Waals surface area contributed by atoms with Gasteiger partial charge in [0.15, 0.2) is 0 Å². The number of benzene rings is 2. The second-order valence-electron chi connectivity index (χ2n) is 4.75. The van der Waals surface area contributed by atoms with E-state index in [1.165, 1.54) is 5.56 Å². The van der Waals surface area contributed by atoms with Gasteiger partial charge in [0, 0.05) is 18.4 Å². The minimum Gasteiger partial charge on any atom is -0.345 e. The van der Waals surface area contributed by atoms with E-state index in [4.69, 9.17) is 5.73 Å². The van der Waals surface area contributed by atoms with Gasteiger partial charge in [-0.1, -0.05) is 12.1 Å². The van der Waals surface area contributed by atoms with E-state index in [0.717, 1.165) is 16.9 Å². The molecular formula is C16H19FN2. The third kappa shape index (κ3) is 3.32. The van der Waals surface area contributed by atoms with Crippen LogP contribution < -0.4 is 10.6 Å². The first kappa shape index (κ1) is 13.6. The minimum absolute atomic E-state index is 0.222. The molecule has 2 nitrogen and oxygen atoms in total. The predicted octanol–water partition coefficient (Wildman–Crippen LogP) is 3.40. The van der Waals surface area contributed by atoms with E-state index in [-0.39, 0.29) is 5.82 Å². The van der Waals surface area contributed by atoms with Gasteiger partial charge in [-0.25, -0.2) is 4.39 Å². The first-order valence-corrected chi connectivity index (χ1v) is 6.40. The summed E-state index contributed by atoms with van der Waals surface area (Å²) in [6, 6.07) is 13.2. The summed E-state index contributed by atoms with van der Waals surface area (Å²) in [4.78, 5) is 1.98. The molecule has 2 aromatic rings. The summed E-state index contributed by atoms with van der Waals surface area (Å²) in [5.41, 5.74) is 9.53. The Kier molecular flexibility index (Phi) is 4.17. The zero-order valence-corrected chi connectivity index (χ0v) is 11.4. The lowest BCUT2D eigenvalue weighted by Crippen LogP contribution is -2.11. The maximum Gasteiger partial charge on any atom is 0.125 e. The topological polar surface area (TPSA) is 29.3 Å².